The number of hydrogen-bond donors (Lipinski definition) is 10. The Morgan fingerprint density at radius 3 is 1.50 bits per heavy atom. The van der Waals surface area contributed by atoms with Crippen molar-refractivity contribution in [1.29, 1.82) is 9.70 Å². The van der Waals surface area contributed by atoms with E-state index in [0.29, 0.717) is 37.6 Å². The number of Topliss-reactive ketones (excluding diaryl/α,β-unsaturated/α-hetero) is 2. The van der Waals surface area contributed by atoms with E-state index in [1.807, 2.05) is 101 Å². The zero-order valence-electron chi connectivity index (χ0n) is 58.2. The maximum absolute atomic E-state index is 12.1. The average Bonchev–Trinajstić information content (AvgIpc) is 1.75. The minimum atomic E-state index is -1.51. The van der Waals surface area contributed by atoms with Crippen molar-refractivity contribution in [3.8, 4) is 0 Å². The fraction of sp³-hybridized carbons (Fsp3) is 0.567. The molecule has 26 nitrogen and oxygen atoms in total. The summed E-state index contributed by atoms with van der Waals surface area (Å²) in [5.41, 5.74) is 18.6. The molecule has 2 fully saturated rings. The minimum Gasteiger partial charge on any atom is -0.465 e. The van der Waals surface area contributed by atoms with Crippen molar-refractivity contribution in [2.45, 2.75) is 129 Å². The molecule has 0 saturated carbocycles. The quantitative estimate of drug-likeness (QED) is 0.0523. The van der Waals surface area contributed by atoms with Crippen LogP contribution in [0.4, 0.5) is 35.3 Å². The third-order valence-corrected chi connectivity index (χ3v) is 12.1. The molecular weight excluding hydrogens is 1110 g/mol. The molecule has 0 radical (unpaired) electrons. The lowest BCUT2D eigenvalue weighted by Crippen LogP contribution is -2.50. The Hall–Kier alpha value is -7.62. The van der Waals surface area contributed by atoms with Crippen molar-refractivity contribution in [3.05, 3.63) is 96.1 Å². The van der Waals surface area contributed by atoms with Gasteiger partial charge >= 0.3 is 30.4 Å². The van der Waals surface area contributed by atoms with Crippen LogP contribution in [0.15, 0.2) is 85.0 Å². The number of ether oxygens (including phenoxy) is 2. The van der Waals surface area contributed by atoms with Crippen LogP contribution in [0.2, 0.25) is 4.24 Å². The van der Waals surface area contributed by atoms with Crippen molar-refractivity contribution in [2.75, 3.05) is 92.6 Å². The normalized spacial score (nSPS) is 14.3. The summed E-state index contributed by atoms with van der Waals surface area (Å²) in [6, 6.07) is 12.8. The van der Waals surface area contributed by atoms with Crippen molar-refractivity contribution in [1.82, 2.24) is 35.5 Å². The molecule has 496 valence electrons. The van der Waals surface area contributed by atoms with E-state index in [0.717, 1.165) is 54.7 Å². The number of carboxylic acid groups (broad SMARTS) is 2. The first kappa shape index (κ1) is 76.4. The molecule has 26 heteroatoms. The first-order valence-corrected chi connectivity index (χ1v) is 26.2. The highest BCUT2D eigenvalue weighted by atomic mass is 16.6. The van der Waals surface area contributed by atoms with Gasteiger partial charge in [0.15, 0.2) is 8.61 Å². The SMILES string of the molecule is C.C.C.C=C1C=CC(=N)C=C1.CN1CCN(C)C1=O.[2H]N.[2H]NC(=O)OCc1ccc(N)cc1.[2H]NC(=O)OCc1ccc(NC(C)(C)C(=O)C(C)C)cc1.[2H]O.[2H]OC(=O)N(C)CCC.[2H]OC(=O)N(C)CCCC(C)(C)C(=O)C(C)C.[2H]OC1(O)N(C)CCN1C. The Morgan fingerprint density at radius 2 is 1.17 bits per heavy atom. The number of anilines is 2. The fourth-order valence-corrected chi connectivity index (χ4v) is 7.09. The number of allylic oxidation sites excluding steroid dienone is 5. The summed E-state index contributed by atoms with van der Waals surface area (Å²) in [7, 11) is 10.2. The molecule has 0 spiro atoms. The van der Waals surface area contributed by atoms with Gasteiger partial charge in [-0.2, -0.15) is 0 Å². The standard InChI is InChI=1S/C15H22N2O3.C12H23NO3.C8H10N2O2.C7H7N.C5H12N2O2.C5H10N2O.C5H11NO2.3CH4.H3N.H2O/c1-10(2)13(18)15(3,4)17-12-7-5-11(6-8-12)9-20-14(16)19;1-9(2)10(14)12(3,4)7-6-8-13(5)11(15)16;9-7-3-1-6(2-4-7)5-12-8(10)11;1-6-2-4-7(8)5-3-6;1-6-3-4-7(2)5(6,8)9;1-6-3-4-7(2)5(6)8;1-3-4-6(2)5(7)8;;;;;/h5-8,10,17H,9H2,1-4H3,(H2,16,19);9H,6-8H2,1-5H3,(H,15,16);1-4H,5,9H2,(H2,10,11);2-5,8H,1H2;8-9H,3-4H2,1-2H3;3-4H2,1-2H3;3-4H2,1-2H3,(H,7,8);3*1H4;1H3;1H2/i;;;;8D;;;;;;;/hD6. The lowest BCUT2D eigenvalue weighted by Gasteiger charge is -2.28. The van der Waals surface area contributed by atoms with Gasteiger partial charge in [-0.1, -0.05) is 114 Å². The number of ketones is 2. The summed E-state index contributed by atoms with van der Waals surface area (Å²) in [5, 5.41) is 31.5. The molecule has 2 saturated heterocycles. The van der Waals surface area contributed by atoms with Gasteiger partial charge < -0.3 is 89.0 Å². The minimum absolute atomic E-state index is 0. The van der Waals surface area contributed by atoms with Gasteiger partial charge in [0.2, 0.25) is 2.86 Å². The third kappa shape index (κ3) is 39.1. The van der Waals surface area contributed by atoms with Crippen LogP contribution in [-0.4, -0.2) is 198 Å². The highest BCUT2D eigenvalue weighted by Gasteiger charge is 2.39. The molecule has 2 aromatic rings. The Bertz CT molecular complexity index is 2450. The van der Waals surface area contributed by atoms with E-state index in [2.05, 4.69) is 38.1 Å². The monoisotopic (exact) mass is 1230 g/mol. The Labute approximate surface area is 523 Å². The molecule has 0 unspecified atom stereocenters. The number of nitrogens with two attached hydrogens (primary N) is 3. The van der Waals surface area contributed by atoms with E-state index < -0.39 is 35.9 Å². The predicted octanol–water partition coefficient (Wildman–Crippen LogP) is 8.57. The van der Waals surface area contributed by atoms with Crippen LogP contribution < -0.4 is 28.6 Å². The van der Waals surface area contributed by atoms with Gasteiger partial charge in [-0.25, -0.2) is 33.8 Å². The van der Waals surface area contributed by atoms with Crippen molar-refractivity contribution in [3.63, 3.8) is 0 Å². The fourth-order valence-electron chi connectivity index (χ4n) is 7.09. The lowest BCUT2D eigenvalue weighted by molar-refractivity contribution is -0.306. The second-order valence-corrected chi connectivity index (χ2v) is 21.0. The summed E-state index contributed by atoms with van der Waals surface area (Å²) >= 11 is 0. The topological polar surface area (TPSA) is 419 Å². The van der Waals surface area contributed by atoms with Crippen LogP contribution in [0.5, 0.6) is 0 Å². The van der Waals surface area contributed by atoms with Crippen molar-refractivity contribution in [2.24, 2.45) is 28.7 Å². The predicted molar refractivity (Wildman–Crippen MR) is 345 cm³/mol. The van der Waals surface area contributed by atoms with E-state index in [1.54, 1.807) is 108 Å². The van der Waals surface area contributed by atoms with E-state index in [1.165, 1.54) is 9.80 Å². The van der Waals surface area contributed by atoms with Crippen LogP contribution in [0, 0.1) is 22.7 Å². The van der Waals surface area contributed by atoms with Gasteiger partial charge in [-0.05, 0) is 100 Å². The van der Waals surface area contributed by atoms with Crippen LogP contribution in [-0.2, 0) is 32.3 Å². The third-order valence-electron chi connectivity index (χ3n) is 12.1. The van der Waals surface area contributed by atoms with Gasteiger partial charge in [0.05, 0.1) is 11.3 Å². The summed E-state index contributed by atoms with van der Waals surface area (Å²) in [5.74, 6) is 0.370. The number of amides is 6. The van der Waals surface area contributed by atoms with Crippen molar-refractivity contribution >= 4 is 59.1 Å². The molecule has 5 rings (SSSR count). The van der Waals surface area contributed by atoms with Gasteiger partial charge in [0.25, 0.3) is 8.90 Å². The summed E-state index contributed by atoms with van der Waals surface area (Å²) in [4.78, 5) is 86.7. The number of benzene rings is 2. The number of nitrogens with one attached hydrogen (secondary N) is 2. The van der Waals surface area contributed by atoms with E-state index in [9.17, 15) is 38.7 Å². The molecule has 3 aliphatic rings. The maximum atomic E-state index is 12.1. The first-order valence-electron chi connectivity index (χ1n) is 29.4. The average molecular weight is 1230 g/mol. The molecule has 86 heavy (non-hydrogen) atoms. The zero-order valence-corrected chi connectivity index (χ0v) is 51.2. The van der Waals surface area contributed by atoms with E-state index in [4.69, 9.17) is 31.3 Å². The number of hydrogen-bond acceptors (Lipinski definition) is 19. The molecule has 17 N–H and O–H groups in total. The highest BCUT2D eigenvalue weighted by Crippen LogP contribution is 2.27. The molecule has 0 bridgehead atoms. The summed E-state index contributed by atoms with van der Waals surface area (Å²) in [6.45, 7) is 25.3. The number of aliphatic hydroxyl groups is 2. The number of urea groups is 1. The van der Waals surface area contributed by atoms with Crippen LogP contribution in [0.3, 0.4) is 0 Å². The second kappa shape index (κ2) is 45.7. The lowest BCUT2D eigenvalue weighted by atomic mass is 9.79. The molecule has 1 aliphatic carbocycles. The molecule has 0 aromatic heterocycles. The number of carbonyl (C=O) groups is 7. The maximum Gasteiger partial charge on any atom is 0.407 e. The van der Waals surface area contributed by atoms with Crippen LogP contribution >= 0.6 is 0 Å². The number of nitrogens with zero attached hydrogens (tertiary/aromatic N) is 6. The number of likely N-dealkylation sites (N-methyl/N-ethyl adjacent to an activating group) is 4. The summed E-state index contributed by atoms with van der Waals surface area (Å²) < 4.78 is 51.8. The van der Waals surface area contributed by atoms with Gasteiger partial charge in [-0.3, -0.25) is 9.59 Å². The Morgan fingerprint density at radius 1 is 0.767 bits per heavy atom. The molecule has 2 aromatic carbocycles. The summed E-state index contributed by atoms with van der Waals surface area (Å²) in [6.07, 6.45) is 10.3. The molecule has 2 aliphatic heterocycles. The smallest absolute Gasteiger partial charge is 0.407 e. The Kier molecular flexibility index (Phi) is 40.6. The second-order valence-electron chi connectivity index (χ2n) is 21.0. The molecule has 6 amide bonds. The van der Waals surface area contributed by atoms with Gasteiger partial charge in [0.1, 0.15) is 20.4 Å². The van der Waals surface area contributed by atoms with Gasteiger partial charge in [-0.15, -0.1) is 0 Å². The number of nitrogen functional groups attached to an aromatic ring is 1. The molecule has 0 atom stereocenters. The highest BCUT2D eigenvalue weighted by molar-refractivity contribution is 6.03. The van der Waals surface area contributed by atoms with Crippen LogP contribution in [0.1, 0.15) is 116 Å². The first-order chi connectivity index (χ1) is 42.0. The number of rotatable bonds is 17. The van der Waals surface area contributed by atoms with Crippen molar-refractivity contribution < 1.29 is 74.6 Å². The van der Waals surface area contributed by atoms with E-state index in [-0.39, 0.29) is 70.3 Å². The van der Waals surface area contributed by atoms with Crippen LogP contribution in [0.25, 0.3) is 2.86 Å². The molecule has 2 heterocycles. The van der Waals surface area contributed by atoms with E-state index >= 15 is 0 Å². The largest absolute Gasteiger partial charge is 0.465 e. The number of carbonyl (C=O) groups excluding carboxylic acids is 5. The zero-order chi connectivity index (χ0) is 70.5. The van der Waals surface area contributed by atoms with Gasteiger partial charge in [0, 0.05) is 96.1 Å². The number of primary amides is 2. The molecular formula is C60H112N12O14. The Balaban J connectivity index is -0.000000188.